The minimum atomic E-state index is -0.895. The Morgan fingerprint density at radius 3 is 2.70 bits per heavy atom. The van der Waals surface area contributed by atoms with Crippen molar-refractivity contribution in [3.05, 3.63) is 64.0 Å². The summed E-state index contributed by atoms with van der Waals surface area (Å²) in [7, 11) is 1.93. The maximum Gasteiger partial charge on any atom is 0.190 e. The Bertz CT molecular complexity index is 806. The molecule has 0 radical (unpaired) electrons. The van der Waals surface area contributed by atoms with Crippen molar-refractivity contribution >= 4 is 17.0 Å². The van der Waals surface area contributed by atoms with Crippen molar-refractivity contribution in [2.75, 3.05) is 0 Å². The van der Waals surface area contributed by atoms with Crippen LogP contribution in [0.1, 0.15) is 39.3 Å². The number of hydrogen-bond donors (Lipinski definition) is 1. The maximum absolute atomic E-state index is 12.2. The lowest BCUT2D eigenvalue weighted by atomic mass is 9.98. The van der Waals surface area contributed by atoms with Crippen molar-refractivity contribution in [2.24, 2.45) is 7.05 Å². The SMILES string of the molecule is CC(C)=CCCC(C)(O)C=Cc1cc(=O)c2ccccc2n1C. The number of aromatic nitrogens is 1. The van der Waals surface area contributed by atoms with Gasteiger partial charge in [0, 0.05) is 24.2 Å². The van der Waals surface area contributed by atoms with Gasteiger partial charge in [-0.05, 0) is 51.8 Å². The van der Waals surface area contributed by atoms with Crippen molar-refractivity contribution in [2.45, 2.75) is 39.2 Å². The van der Waals surface area contributed by atoms with Gasteiger partial charge in [-0.2, -0.15) is 0 Å². The summed E-state index contributed by atoms with van der Waals surface area (Å²) in [6.07, 6.45) is 7.20. The van der Waals surface area contributed by atoms with Crippen LogP contribution in [0.15, 0.2) is 52.9 Å². The molecule has 0 amide bonds. The van der Waals surface area contributed by atoms with E-state index in [9.17, 15) is 9.90 Å². The third kappa shape index (κ3) is 4.42. The molecular weight excluding hydrogens is 286 g/mol. The van der Waals surface area contributed by atoms with Crippen LogP contribution >= 0.6 is 0 Å². The molecule has 1 aromatic heterocycles. The normalized spacial score (nSPS) is 14.1. The van der Waals surface area contributed by atoms with Crippen LogP contribution in [0, 0.1) is 0 Å². The number of aryl methyl sites for hydroxylation is 1. The highest BCUT2D eigenvalue weighted by Crippen LogP contribution is 2.18. The number of benzene rings is 1. The molecule has 0 bridgehead atoms. The van der Waals surface area contributed by atoms with Crippen molar-refractivity contribution in [1.82, 2.24) is 4.57 Å². The number of rotatable bonds is 5. The van der Waals surface area contributed by atoms with Gasteiger partial charge in [0.05, 0.1) is 11.1 Å². The van der Waals surface area contributed by atoms with E-state index < -0.39 is 5.60 Å². The van der Waals surface area contributed by atoms with Crippen molar-refractivity contribution in [1.29, 1.82) is 0 Å². The van der Waals surface area contributed by atoms with E-state index in [2.05, 4.69) is 19.9 Å². The number of pyridine rings is 1. The molecule has 1 aromatic carbocycles. The quantitative estimate of drug-likeness (QED) is 0.847. The molecule has 3 nitrogen and oxygen atoms in total. The first kappa shape index (κ1) is 17.2. The second-order valence-electron chi connectivity index (χ2n) is 6.52. The first-order chi connectivity index (χ1) is 10.8. The predicted octanol–water partition coefficient (Wildman–Crippen LogP) is 4.05. The minimum absolute atomic E-state index is 0.00235. The summed E-state index contributed by atoms with van der Waals surface area (Å²) in [5.41, 5.74) is 2.04. The number of nitrogens with zero attached hydrogens (tertiary/aromatic N) is 1. The van der Waals surface area contributed by atoms with Crippen LogP contribution in [-0.4, -0.2) is 15.3 Å². The smallest absolute Gasteiger partial charge is 0.190 e. The Hall–Kier alpha value is -2.13. The molecule has 2 aromatic rings. The largest absolute Gasteiger partial charge is 0.386 e. The van der Waals surface area contributed by atoms with Crippen LogP contribution in [0.2, 0.25) is 0 Å². The van der Waals surface area contributed by atoms with E-state index in [4.69, 9.17) is 0 Å². The van der Waals surface area contributed by atoms with Gasteiger partial charge in [0.25, 0.3) is 0 Å². The summed E-state index contributed by atoms with van der Waals surface area (Å²) < 4.78 is 1.97. The number of para-hydroxylation sites is 1. The van der Waals surface area contributed by atoms with Crippen LogP contribution in [0.25, 0.3) is 17.0 Å². The highest BCUT2D eigenvalue weighted by atomic mass is 16.3. The second-order valence-corrected chi connectivity index (χ2v) is 6.52. The van der Waals surface area contributed by atoms with Gasteiger partial charge in [0.2, 0.25) is 0 Å². The molecule has 23 heavy (non-hydrogen) atoms. The fourth-order valence-electron chi connectivity index (χ4n) is 2.58. The van der Waals surface area contributed by atoms with Crippen LogP contribution < -0.4 is 5.43 Å². The van der Waals surface area contributed by atoms with Gasteiger partial charge < -0.3 is 9.67 Å². The highest BCUT2D eigenvalue weighted by molar-refractivity contribution is 5.80. The standard InChI is InChI=1S/C20H25NO2/c1-15(2)8-7-12-20(3,23)13-11-16-14-19(22)17-9-5-6-10-18(17)21(16)4/h5-6,8-11,13-14,23H,7,12H2,1-4H3. The zero-order chi connectivity index (χ0) is 17.0. The molecule has 1 unspecified atom stereocenters. The number of fused-ring (bicyclic) bond motifs is 1. The summed E-state index contributed by atoms with van der Waals surface area (Å²) in [5, 5.41) is 11.2. The lowest BCUT2D eigenvalue weighted by Crippen LogP contribution is -2.20. The van der Waals surface area contributed by atoms with Gasteiger partial charge in [0.15, 0.2) is 5.43 Å². The molecule has 2 rings (SSSR count). The lowest BCUT2D eigenvalue weighted by Gasteiger charge is -2.18. The first-order valence-electron chi connectivity index (χ1n) is 7.94. The average molecular weight is 311 g/mol. The van der Waals surface area contributed by atoms with E-state index in [0.29, 0.717) is 11.8 Å². The molecule has 0 aliphatic heterocycles. The van der Waals surface area contributed by atoms with Crippen LogP contribution in [0.4, 0.5) is 0 Å². The molecule has 1 atom stereocenters. The maximum atomic E-state index is 12.2. The second kappa shape index (κ2) is 6.97. The van der Waals surface area contributed by atoms with E-state index >= 15 is 0 Å². The van der Waals surface area contributed by atoms with Crippen molar-refractivity contribution in [3.8, 4) is 0 Å². The van der Waals surface area contributed by atoms with Gasteiger partial charge >= 0.3 is 0 Å². The molecule has 0 spiro atoms. The molecule has 0 aliphatic carbocycles. The van der Waals surface area contributed by atoms with E-state index in [1.54, 1.807) is 19.1 Å². The third-order valence-electron chi connectivity index (χ3n) is 4.01. The zero-order valence-electron chi connectivity index (χ0n) is 14.3. The molecule has 1 heterocycles. The Labute approximate surface area is 137 Å². The van der Waals surface area contributed by atoms with Gasteiger partial charge in [-0.1, -0.05) is 29.9 Å². The van der Waals surface area contributed by atoms with Crippen LogP contribution in [0.3, 0.4) is 0 Å². The average Bonchev–Trinajstić information content (AvgIpc) is 2.49. The van der Waals surface area contributed by atoms with Gasteiger partial charge in [0.1, 0.15) is 0 Å². The highest BCUT2D eigenvalue weighted by Gasteiger charge is 2.15. The van der Waals surface area contributed by atoms with E-state index in [1.807, 2.05) is 42.0 Å². The molecular formula is C20H25NO2. The Balaban J connectivity index is 2.29. The van der Waals surface area contributed by atoms with Crippen molar-refractivity contribution in [3.63, 3.8) is 0 Å². The van der Waals surface area contributed by atoms with Crippen molar-refractivity contribution < 1.29 is 5.11 Å². The van der Waals surface area contributed by atoms with E-state index in [-0.39, 0.29) is 5.43 Å². The van der Waals surface area contributed by atoms with Gasteiger partial charge in [-0.3, -0.25) is 4.79 Å². The van der Waals surface area contributed by atoms with E-state index in [0.717, 1.165) is 17.6 Å². The molecule has 0 aliphatic rings. The minimum Gasteiger partial charge on any atom is -0.386 e. The van der Waals surface area contributed by atoms with Crippen LogP contribution in [0.5, 0.6) is 0 Å². The number of allylic oxidation sites excluding steroid dienone is 2. The number of aliphatic hydroxyl groups is 1. The van der Waals surface area contributed by atoms with Gasteiger partial charge in [-0.25, -0.2) is 0 Å². The Morgan fingerprint density at radius 1 is 1.30 bits per heavy atom. The fraction of sp³-hybridized carbons (Fsp3) is 0.350. The summed E-state index contributed by atoms with van der Waals surface area (Å²) in [6, 6.07) is 9.17. The van der Waals surface area contributed by atoms with Gasteiger partial charge in [-0.15, -0.1) is 0 Å². The molecule has 3 heteroatoms. The summed E-state index contributed by atoms with van der Waals surface area (Å²) >= 11 is 0. The zero-order valence-corrected chi connectivity index (χ0v) is 14.3. The van der Waals surface area contributed by atoms with E-state index in [1.165, 1.54) is 5.57 Å². The molecule has 0 saturated heterocycles. The third-order valence-corrected chi connectivity index (χ3v) is 4.01. The lowest BCUT2D eigenvalue weighted by molar-refractivity contribution is 0.104. The summed E-state index contributed by atoms with van der Waals surface area (Å²) in [5.74, 6) is 0. The Morgan fingerprint density at radius 2 is 2.00 bits per heavy atom. The summed E-state index contributed by atoms with van der Waals surface area (Å²) in [6.45, 7) is 5.90. The topological polar surface area (TPSA) is 42.2 Å². The monoisotopic (exact) mass is 311 g/mol. The fourth-order valence-corrected chi connectivity index (χ4v) is 2.58. The van der Waals surface area contributed by atoms with Crippen LogP contribution in [-0.2, 0) is 7.05 Å². The number of hydrogen-bond acceptors (Lipinski definition) is 2. The molecule has 1 N–H and O–H groups in total. The Kier molecular flexibility index (Phi) is 5.22. The molecule has 122 valence electrons. The predicted molar refractivity (Wildman–Crippen MR) is 97.5 cm³/mol. The first-order valence-corrected chi connectivity index (χ1v) is 7.94. The molecule has 0 saturated carbocycles. The summed E-state index contributed by atoms with van der Waals surface area (Å²) in [4.78, 5) is 12.2. The molecule has 0 fully saturated rings.